The zero-order valence-corrected chi connectivity index (χ0v) is 18.9. The van der Waals surface area contributed by atoms with Crippen molar-refractivity contribution in [2.24, 2.45) is 0 Å². The van der Waals surface area contributed by atoms with Crippen LogP contribution in [0.4, 0.5) is 5.13 Å². The van der Waals surface area contributed by atoms with E-state index in [1.165, 1.54) is 33.7 Å². The van der Waals surface area contributed by atoms with Gasteiger partial charge in [0.2, 0.25) is 10.0 Å². The van der Waals surface area contributed by atoms with Gasteiger partial charge in [0.05, 0.1) is 12.8 Å². The van der Waals surface area contributed by atoms with Crippen LogP contribution >= 0.6 is 11.3 Å². The average molecular weight is 450 g/mol. The van der Waals surface area contributed by atoms with Crippen molar-refractivity contribution in [1.29, 1.82) is 0 Å². The summed E-state index contributed by atoms with van der Waals surface area (Å²) in [5, 5.41) is 3.41. The summed E-state index contributed by atoms with van der Waals surface area (Å²) >= 11 is 1.50. The highest BCUT2D eigenvalue weighted by molar-refractivity contribution is 7.89. The van der Waals surface area contributed by atoms with E-state index in [1.54, 1.807) is 12.1 Å². The Morgan fingerprint density at radius 3 is 2.77 bits per heavy atom. The summed E-state index contributed by atoms with van der Waals surface area (Å²) in [7, 11) is -2.33. The van der Waals surface area contributed by atoms with Crippen molar-refractivity contribution < 1.29 is 17.9 Å². The van der Waals surface area contributed by atoms with E-state index >= 15 is 0 Å². The molecule has 1 fully saturated rings. The van der Waals surface area contributed by atoms with Crippen LogP contribution in [0.15, 0.2) is 23.1 Å². The van der Waals surface area contributed by atoms with Crippen LogP contribution in [0.1, 0.15) is 60.0 Å². The molecule has 4 rings (SSSR count). The SMILES string of the molecule is COc1ccc(C(=O)Nc2nc3c(s2)CCCC3)cc1S(=O)(=O)N1CCCC[C@H]1C. The second kappa shape index (κ2) is 8.64. The number of benzene rings is 1. The van der Waals surface area contributed by atoms with Gasteiger partial charge in [-0.1, -0.05) is 6.42 Å². The predicted octanol–water partition coefficient (Wildman–Crippen LogP) is 3.85. The number of amides is 1. The minimum absolute atomic E-state index is 0.0323. The molecule has 1 amide bonds. The van der Waals surface area contributed by atoms with Gasteiger partial charge in [-0.15, -0.1) is 11.3 Å². The Hall–Kier alpha value is -1.97. The summed E-state index contributed by atoms with van der Waals surface area (Å²) in [6.07, 6.45) is 6.90. The molecule has 0 unspecified atom stereocenters. The molecule has 7 nitrogen and oxygen atoms in total. The fourth-order valence-electron chi connectivity index (χ4n) is 4.15. The van der Waals surface area contributed by atoms with Crippen molar-refractivity contribution in [1.82, 2.24) is 9.29 Å². The molecule has 0 saturated carbocycles. The molecule has 0 bridgehead atoms. The first-order chi connectivity index (χ1) is 14.4. The molecular formula is C21H27N3O4S2. The van der Waals surface area contributed by atoms with Gasteiger partial charge >= 0.3 is 0 Å². The van der Waals surface area contributed by atoms with E-state index in [9.17, 15) is 13.2 Å². The van der Waals surface area contributed by atoms with Crippen LogP contribution in [0.25, 0.3) is 0 Å². The molecule has 0 spiro atoms. The Bertz CT molecular complexity index is 1030. The van der Waals surface area contributed by atoms with Crippen molar-refractivity contribution in [3.05, 3.63) is 34.3 Å². The maximum absolute atomic E-state index is 13.3. The van der Waals surface area contributed by atoms with Crippen LogP contribution < -0.4 is 10.1 Å². The summed E-state index contributed by atoms with van der Waals surface area (Å²) < 4.78 is 33.5. The van der Waals surface area contributed by atoms with E-state index in [0.717, 1.165) is 50.6 Å². The van der Waals surface area contributed by atoms with E-state index in [0.29, 0.717) is 11.7 Å². The van der Waals surface area contributed by atoms with Crippen molar-refractivity contribution in [3.63, 3.8) is 0 Å². The molecule has 30 heavy (non-hydrogen) atoms. The smallest absolute Gasteiger partial charge is 0.257 e. The molecule has 2 heterocycles. The first-order valence-corrected chi connectivity index (χ1v) is 12.7. The number of carbonyl (C=O) groups is 1. The number of hydrogen-bond donors (Lipinski definition) is 1. The van der Waals surface area contributed by atoms with Crippen LogP contribution in [-0.4, -0.2) is 43.3 Å². The number of rotatable bonds is 5. The fraction of sp³-hybridized carbons (Fsp3) is 0.524. The van der Waals surface area contributed by atoms with Crippen molar-refractivity contribution in [2.75, 3.05) is 19.0 Å². The lowest BCUT2D eigenvalue weighted by Crippen LogP contribution is -2.42. The topological polar surface area (TPSA) is 88.6 Å². The first-order valence-electron chi connectivity index (χ1n) is 10.4. The number of aryl methyl sites for hydroxylation is 2. The largest absolute Gasteiger partial charge is 0.495 e. The number of sulfonamides is 1. The number of hydrogen-bond acceptors (Lipinski definition) is 6. The molecule has 2 aliphatic rings. The number of methoxy groups -OCH3 is 1. The van der Waals surface area contributed by atoms with Gasteiger partial charge in [0.25, 0.3) is 5.91 Å². The lowest BCUT2D eigenvalue weighted by molar-refractivity contribution is 0.102. The van der Waals surface area contributed by atoms with E-state index in [2.05, 4.69) is 10.3 Å². The number of nitrogens with zero attached hydrogens (tertiary/aromatic N) is 2. The zero-order valence-electron chi connectivity index (χ0n) is 17.3. The van der Waals surface area contributed by atoms with Crippen LogP contribution in [-0.2, 0) is 22.9 Å². The Kier molecular flexibility index (Phi) is 6.13. The summed E-state index contributed by atoms with van der Waals surface area (Å²) in [5.41, 5.74) is 1.34. The predicted molar refractivity (Wildman–Crippen MR) is 117 cm³/mol. The third-order valence-electron chi connectivity index (χ3n) is 5.82. The normalized spacial score (nSPS) is 19.9. The van der Waals surface area contributed by atoms with Gasteiger partial charge in [-0.3, -0.25) is 10.1 Å². The van der Waals surface area contributed by atoms with Crippen LogP contribution in [0.3, 0.4) is 0 Å². The number of anilines is 1. The maximum atomic E-state index is 13.3. The highest BCUT2D eigenvalue weighted by atomic mass is 32.2. The molecule has 9 heteroatoms. The second-order valence-corrected chi connectivity index (χ2v) is 10.8. The lowest BCUT2D eigenvalue weighted by atomic mass is 10.0. The van der Waals surface area contributed by atoms with Gasteiger partial charge in [0.15, 0.2) is 5.13 Å². The van der Waals surface area contributed by atoms with Gasteiger partial charge in [0.1, 0.15) is 10.6 Å². The first kappa shape index (κ1) is 21.3. The number of carbonyl (C=O) groups excluding carboxylic acids is 1. The standard InChI is InChI=1S/C21H27N3O4S2/c1-14-7-5-6-12-24(14)30(26,27)19-13-15(10-11-17(19)28-2)20(25)23-21-22-16-8-3-4-9-18(16)29-21/h10-11,13-14H,3-9,12H2,1-2H3,(H,22,23,25)/t14-/m1/s1. The number of piperidine rings is 1. The number of nitrogens with one attached hydrogen (secondary N) is 1. The fourth-order valence-corrected chi connectivity index (χ4v) is 7.08. The maximum Gasteiger partial charge on any atom is 0.257 e. The van der Waals surface area contributed by atoms with Gasteiger partial charge in [-0.05, 0) is 63.6 Å². The van der Waals surface area contributed by atoms with Crippen molar-refractivity contribution in [3.8, 4) is 5.75 Å². The third-order valence-corrected chi connectivity index (χ3v) is 8.93. The molecule has 1 saturated heterocycles. The van der Waals surface area contributed by atoms with Crippen LogP contribution in [0.5, 0.6) is 5.75 Å². The van der Waals surface area contributed by atoms with Gasteiger partial charge < -0.3 is 4.74 Å². The number of thiazole rings is 1. The van der Waals surface area contributed by atoms with Crippen LogP contribution in [0.2, 0.25) is 0 Å². The van der Waals surface area contributed by atoms with Crippen molar-refractivity contribution >= 4 is 32.4 Å². The van der Waals surface area contributed by atoms with Crippen molar-refractivity contribution in [2.45, 2.75) is 62.8 Å². The third kappa shape index (κ3) is 4.10. The zero-order chi connectivity index (χ0) is 21.3. The average Bonchev–Trinajstić information content (AvgIpc) is 3.15. The van der Waals surface area contributed by atoms with E-state index in [-0.39, 0.29) is 28.2 Å². The highest BCUT2D eigenvalue weighted by Crippen LogP contribution is 2.33. The molecule has 1 aliphatic carbocycles. The Labute approximate surface area is 181 Å². The molecule has 2 aromatic rings. The number of ether oxygens (including phenoxy) is 1. The molecule has 0 radical (unpaired) electrons. The summed E-state index contributed by atoms with van der Waals surface area (Å²) in [6.45, 7) is 2.40. The van der Waals surface area contributed by atoms with Crippen LogP contribution in [0, 0.1) is 0 Å². The molecule has 1 aliphatic heterocycles. The molecule has 1 atom stereocenters. The van der Waals surface area contributed by atoms with Gasteiger partial charge in [0, 0.05) is 23.0 Å². The minimum atomic E-state index is -3.77. The molecule has 1 aromatic heterocycles. The quantitative estimate of drug-likeness (QED) is 0.749. The van der Waals surface area contributed by atoms with E-state index < -0.39 is 10.0 Å². The van der Waals surface area contributed by atoms with Gasteiger partial charge in [-0.25, -0.2) is 13.4 Å². The Balaban J connectivity index is 1.62. The monoisotopic (exact) mass is 449 g/mol. The summed E-state index contributed by atoms with van der Waals surface area (Å²) in [4.78, 5) is 18.7. The number of aromatic nitrogens is 1. The Morgan fingerprint density at radius 2 is 2.03 bits per heavy atom. The molecule has 1 N–H and O–H groups in total. The number of fused-ring (bicyclic) bond motifs is 1. The Morgan fingerprint density at radius 1 is 1.23 bits per heavy atom. The lowest BCUT2D eigenvalue weighted by Gasteiger charge is -2.32. The molecular weight excluding hydrogens is 422 g/mol. The molecule has 1 aromatic carbocycles. The highest BCUT2D eigenvalue weighted by Gasteiger charge is 2.33. The van der Waals surface area contributed by atoms with Gasteiger partial charge in [-0.2, -0.15) is 4.31 Å². The van der Waals surface area contributed by atoms with E-state index in [1.807, 2.05) is 6.92 Å². The van der Waals surface area contributed by atoms with E-state index in [4.69, 9.17) is 4.74 Å². The minimum Gasteiger partial charge on any atom is -0.495 e. The summed E-state index contributed by atoms with van der Waals surface area (Å²) in [6, 6.07) is 4.47. The summed E-state index contributed by atoms with van der Waals surface area (Å²) in [5.74, 6) is -0.124. The molecule has 162 valence electrons. The second-order valence-electron chi connectivity index (χ2n) is 7.88.